The Morgan fingerprint density at radius 2 is 1.94 bits per heavy atom. The van der Waals surface area contributed by atoms with Gasteiger partial charge < -0.3 is 0 Å². The molecule has 0 aromatic rings. The van der Waals surface area contributed by atoms with Crippen molar-refractivity contribution < 1.29 is 4.79 Å². The van der Waals surface area contributed by atoms with Crippen LogP contribution in [-0.2, 0) is 4.79 Å². The van der Waals surface area contributed by atoms with Gasteiger partial charge in [0.1, 0.15) is 5.78 Å². The van der Waals surface area contributed by atoms with Crippen molar-refractivity contribution in [2.75, 3.05) is 0 Å². The van der Waals surface area contributed by atoms with Crippen LogP contribution in [0, 0.1) is 11.3 Å². The molecule has 0 saturated heterocycles. The number of ketones is 1. The molecule has 2 fully saturated rings. The fourth-order valence-electron chi connectivity index (χ4n) is 3.15. The maximum Gasteiger partial charge on any atom is 0.133 e. The molecule has 1 nitrogen and oxygen atoms in total. The lowest BCUT2D eigenvalue weighted by Gasteiger charge is -2.30. The summed E-state index contributed by atoms with van der Waals surface area (Å²) in [5.41, 5.74) is 0.173. The molecule has 1 atom stereocenters. The van der Waals surface area contributed by atoms with E-state index in [0.29, 0.717) is 5.78 Å². The van der Waals surface area contributed by atoms with E-state index < -0.39 is 0 Å². The molecule has 1 heteroatoms. The van der Waals surface area contributed by atoms with Gasteiger partial charge in [0.2, 0.25) is 0 Å². The van der Waals surface area contributed by atoms with Crippen molar-refractivity contribution in [2.45, 2.75) is 64.7 Å². The van der Waals surface area contributed by atoms with E-state index in [1.807, 2.05) is 0 Å². The van der Waals surface area contributed by atoms with Gasteiger partial charge in [-0.1, -0.05) is 38.3 Å². The van der Waals surface area contributed by atoms with Gasteiger partial charge in [-0.2, -0.15) is 0 Å². The first kappa shape index (κ1) is 11.9. The zero-order chi connectivity index (χ0) is 11.4. The molecule has 0 unspecified atom stereocenters. The highest BCUT2D eigenvalue weighted by Gasteiger charge is 2.28. The highest BCUT2D eigenvalue weighted by molar-refractivity contribution is 5.80. The topological polar surface area (TPSA) is 17.1 Å². The summed E-state index contributed by atoms with van der Waals surface area (Å²) in [7, 11) is 0. The van der Waals surface area contributed by atoms with E-state index in [9.17, 15) is 4.79 Å². The Morgan fingerprint density at radius 3 is 2.62 bits per heavy atom. The molecule has 0 heterocycles. The van der Waals surface area contributed by atoms with E-state index in [1.54, 1.807) is 0 Å². The molecule has 2 rings (SSSR count). The highest BCUT2D eigenvalue weighted by Crippen LogP contribution is 2.36. The van der Waals surface area contributed by atoms with Crippen molar-refractivity contribution in [3.63, 3.8) is 0 Å². The van der Waals surface area contributed by atoms with E-state index in [1.165, 1.54) is 38.5 Å². The summed E-state index contributed by atoms with van der Waals surface area (Å²) < 4.78 is 0. The summed E-state index contributed by atoms with van der Waals surface area (Å²) in [6.45, 7) is 2.25. The lowest BCUT2D eigenvalue weighted by molar-refractivity contribution is -0.122. The SMILES string of the molecule is C[C@@]1(/C=C/C2CCCCC2)CCCC(=O)C1. The minimum absolute atomic E-state index is 0.173. The second-order valence-corrected chi connectivity index (χ2v) is 5.98. The highest BCUT2D eigenvalue weighted by atomic mass is 16.1. The molecule has 16 heavy (non-hydrogen) atoms. The largest absolute Gasteiger partial charge is 0.300 e. The lowest BCUT2D eigenvalue weighted by atomic mass is 9.74. The molecule has 0 amide bonds. The Hall–Kier alpha value is -0.590. The number of carbonyl (C=O) groups is 1. The van der Waals surface area contributed by atoms with E-state index in [4.69, 9.17) is 0 Å². The van der Waals surface area contributed by atoms with Crippen LogP contribution in [0.4, 0.5) is 0 Å². The van der Waals surface area contributed by atoms with Crippen LogP contribution in [0.1, 0.15) is 64.7 Å². The quantitative estimate of drug-likeness (QED) is 0.635. The molecule has 2 aliphatic carbocycles. The average Bonchev–Trinajstić information content (AvgIpc) is 2.28. The molecular formula is C15H24O. The first-order valence-electron chi connectivity index (χ1n) is 6.89. The second kappa shape index (κ2) is 5.16. The van der Waals surface area contributed by atoms with Gasteiger partial charge in [0.15, 0.2) is 0 Å². The third-order valence-corrected chi connectivity index (χ3v) is 4.23. The normalized spacial score (nSPS) is 33.4. The van der Waals surface area contributed by atoms with Gasteiger partial charge in [0, 0.05) is 12.8 Å². The van der Waals surface area contributed by atoms with Crippen molar-refractivity contribution in [3.8, 4) is 0 Å². The van der Waals surface area contributed by atoms with Crippen LogP contribution in [0.5, 0.6) is 0 Å². The Morgan fingerprint density at radius 1 is 1.19 bits per heavy atom. The number of hydrogen-bond acceptors (Lipinski definition) is 1. The molecular weight excluding hydrogens is 196 g/mol. The predicted molar refractivity (Wildman–Crippen MR) is 67.3 cm³/mol. The van der Waals surface area contributed by atoms with E-state index >= 15 is 0 Å². The van der Waals surface area contributed by atoms with Crippen molar-refractivity contribution in [1.29, 1.82) is 0 Å². The minimum atomic E-state index is 0.173. The molecule has 0 radical (unpaired) electrons. The summed E-state index contributed by atoms with van der Waals surface area (Å²) in [6, 6.07) is 0. The van der Waals surface area contributed by atoms with Crippen LogP contribution in [-0.4, -0.2) is 5.78 Å². The summed E-state index contributed by atoms with van der Waals surface area (Å²) in [6.07, 6.45) is 15.6. The smallest absolute Gasteiger partial charge is 0.133 e. The molecule has 2 aliphatic rings. The van der Waals surface area contributed by atoms with Gasteiger partial charge in [-0.15, -0.1) is 0 Å². The number of Topliss-reactive ketones (excluding diaryl/α,β-unsaturated/α-hetero) is 1. The molecule has 0 aliphatic heterocycles. The van der Waals surface area contributed by atoms with Gasteiger partial charge in [-0.3, -0.25) is 4.79 Å². The average molecular weight is 220 g/mol. The standard InChI is InChI=1S/C15H24O/c1-15(10-5-8-14(16)12-15)11-9-13-6-3-2-4-7-13/h9,11,13H,2-8,10,12H2,1H3/b11-9+/t15-/m0/s1. The number of allylic oxidation sites excluding steroid dienone is 2. The van der Waals surface area contributed by atoms with Crippen LogP contribution in [0.25, 0.3) is 0 Å². The first-order chi connectivity index (χ1) is 7.68. The van der Waals surface area contributed by atoms with E-state index in [-0.39, 0.29) is 5.41 Å². The third kappa shape index (κ3) is 3.20. The van der Waals surface area contributed by atoms with Gasteiger partial charge in [-0.25, -0.2) is 0 Å². The minimum Gasteiger partial charge on any atom is -0.300 e. The van der Waals surface area contributed by atoms with Crippen molar-refractivity contribution >= 4 is 5.78 Å². The zero-order valence-electron chi connectivity index (χ0n) is 10.5. The maximum absolute atomic E-state index is 11.5. The molecule has 90 valence electrons. The Bertz CT molecular complexity index is 273. The summed E-state index contributed by atoms with van der Waals surface area (Å²) in [4.78, 5) is 11.5. The lowest BCUT2D eigenvalue weighted by Crippen LogP contribution is -2.24. The summed E-state index contributed by atoms with van der Waals surface area (Å²) >= 11 is 0. The van der Waals surface area contributed by atoms with Gasteiger partial charge in [0.25, 0.3) is 0 Å². The van der Waals surface area contributed by atoms with Gasteiger partial charge >= 0.3 is 0 Å². The maximum atomic E-state index is 11.5. The number of carbonyl (C=O) groups excluding carboxylic acids is 1. The Balaban J connectivity index is 1.90. The predicted octanol–water partition coefficient (Wildman–Crippen LogP) is 4.27. The van der Waals surface area contributed by atoms with Crippen LogP contribution in [0.2, 0.25) is 0 Å². The molecule has 0 aromatic heterocycles. The van der Waals surface area contributed by atoms with Crippen molar-refractivity contribution in [3.05, 3.63) is 12.2 Å². The van der Waals surface area contributed by atoms with E-state index in [2.05, 4.69) is 19.1 Å². The van der Waals surface area contributed by atoms with Crippen molar-refractivity contribution in [1.82, 2.24) is 0 Å². The van der Waals surface area contributed by atoms with Crippen molar-refractivity contribution in [2.24, 2.45) is 11.3 Å². The van der Waals surface area contributed by atoms with Gasteiger partial charge in [0.05, 0.1) is 0 Å². The first-order valence-corrected chi connectivity index (χ1v) is 6.89. The fraction of sp³-hybridized carbons (Fsp3) is 0.800. The number of rotatable bonds is 2. The zero-order valence-corrected chi connectivity index (χ0v) is 10.5. The fourth-order valence-corrected chi connectivity index (χ4v) is 3.15. The molecule has 0 N–H and O–H groups in total. The Kier molecular flexibility index (Phi) is 3.83. The van der Waals surface area contributed by atoms with Crippen LogP contribution < -0.4 is 0 Å². The molecule has 2 saturated carbocycles. The molecule has 0 bridgehead atoms. The third-order valence-electron chi connectivity index (χ3n) is 4.23. The summed E-state index contributed by atoms with van der Waals surface area (Å²) in [5.74, 6) is 1.25. The Labute approximate surface area is 99.3 Å². The van der Waals surface area contributed by atoms with Crippen LogP contribution in [0.3, 0.4) is 0 Å². The monoisotopic (exact) mass is 220 g/mol. The van der Waals surface area contributed by atoms with E-state index in [0.717, 1.165) is 25.2 Å². The molecule has 0 spiro atoms. The summed E-state index contributed by atoms with van der Waals surface area (Å²) in [5, 5.41) is 0. The second-order valence-electron chi connectivity index (χ2n) is 5.98. The molecule has 0 aromatic carbocycles. The van der Waals surface area contributed by atoms with Gasteiger partial charge in [-0.05, 0) is 37.0 Å². The number of hydrogen-bond donors (Lipinski definition) is 0. The van der Waals surface area contributed by atoms with Crippen LogP contribution in [0.15, 0.2) is 12.2 Å². The van der Waals surface area contributed by atoms with Crippen LogP contribution >= 0.6 is 0 Å².